The molecule has 1 heterocycles. The van der Waals surface area contributed by atoms with Crippen LogP contribution in [0.4, 0.5) is 0 Å². The molecule has 0 saturated carbocycles. The molecule has 30 heavy (non-hydrogen) atoms. The van der Waals surface area contributed by atoms with Crippen LogP contribution < -0.4 is 0 Å². The first kappa shape index (κ1) is 22.3. The third-order valence-corrected chi connectivity index (χ3v) is 6.69. The van der Waals surface area contributed by atoms with E-state index in [1.54, 1.807) is 0 Å². The molecule has 2 aromatic carbocycles. The van der Waals surface area contributed by atoms with Gasteiger partial charge in [-0.2, -0.15) is 0 Å². The van der Waals surface area contributed by atoms with Crippen molar-refractivity contribution in [2.24, 2.45) is 0 Å². The smallest absolute Gasteiger partial charge is 0.112 e. The van der Waals surface area contributed by atoms with E-state index in [2.05, 4.69) is 92.2 Å². The predicted octanol–water partition coefficient (Wildman–Crippen LogP) is 7.55. The SMILES string of the molecule is CCCCCCCCn1ccnc1C(C)C(C)(Cc1ccccc1)c1ccccc1. The molecule has 0 amide bonds. The number of hydrogen-bond acceptors (Lipinski definition) is 1. The number of rotatable bonds is 12. The van der Waals surface area contributed by atoms with Crippen LogP contribution in [0.1, 0.15) is 82.2 Å². The first-order chi connectivity index (χ1) is 14.6. The van der Waals surface area contributed by atoms with Gasteiger partial charge < -0.3 is 4.57 Å². The van der Waals surface area contributed by atoms with Crippen molar-refractivity contribution < 1.29 is 0 Å². The molecule has 2 heteroatoms. The molecule has 3 aromatic rings. The average molecular weight is 403 g/mol. The van der Waals surface area contributed by atoms with Gasteiger partial charge in [0.05, 0.1) is 0 Å². The van der Waals surface area contributed by atoms with Gasteiger partial charge in [0.25, 0.3) is 0 Å². The fourth-order valence-electron chi connectivity index (χ4n) is 4.58. The molecule has 2 unspecified atom stereocenters. The molecule has 0 radical (unpaired) electrons. The molecule has 1 aromatic heterocycles. The predicted molar refractivity (Wildman–Crippen MR) is 128 cm³/mol. The minimum atomic E-state index is -0.0210. The first-order valence-electron chi connectivity index (χ1n) is 11.8. The highest BCUT2D eigenvalue weighted by Crippen LogP contribution is 2.41. The summed E-state index contributed by atoms with van der Waals surface area (Å²) in [5.41, 5.74) is 2.74. The third-order valence-electron chi connectivity index (χ3n) is 6.69. The molecule has 3 rings (SSSR count). The second kappa shape index (κ2) is 11.2. The van der Waals surface area contributed by atoms with Crippen molar-refractivity contribution in [1.82, 2.24) is 9.55 Å². The standard InChI is InChI=1S/C28H38N2/c1-4-5-6-7-8-15-21-30-22-20-29-27(30)24(2)28(3,26-18-13-10-14-19-26)23-25-16-11-9-12-17-25/h9-14,16-20,22,24H,4-8,15,21,23H2,1-3H3. The lowest BCUT2D eigenvalue weighted by Gasteiger charge is -2.36. The maximum Gasteiger partial charge on any atom is 0.112 e. The summed E-state index contributed by atoms with van der Waals surface area (Å²) in [6, 6.07) is 21.9. The van der Waals surface area contributed by atoms with Crippen LogP contribution in [-0.2, 0) is 18.4 Å². The molecule has 0 fully saturated rings. The molecule has 2 atom stereocenters. The largest absolute Gasteiger partial charge is 0.335 e. The highest BCUT2D eigenvalue weighted by atomic mass is 15.1. The zero-order valence-corrected chi connectivity index (χ0v) is 19.1. The maximum atomic E-state index is 4.84. The lowest BCUT2D eigenvalue weighted by atomic mass is 9.68. The van der Waals surface area contributed by atoms with Crippen LogP contribution in [0, 0.1) is 0 Å². The number of unbranched alkanes of at least 4 members (excludes halogenated alkanes) is 5. The van der Waals surface area contributed by atoms with Crippen molar-refractivity contribution in [3.63, 3.8) is 0 Å². The first-order valence-corrected chi connectivity index (χ1v) is 11.8. The van der Waals surface area contributed by atoms with Gasteiger partial charge in [0.1, 0.15) is 5.82 Å². The Bertz CT molecular complexity index is 853. The van der Waals surface area contributed by atoms with Crippen LogP contribution >= 0.6 is 0 Å². The van der Waals surface area contributed by atoms with E-state index in [-0.39, 0.29) is 5.41 Å². The Kier molecular flexibility index (Phi) is 8.30. The Balaban J connectivity index is 1.79. The lowest BCUT2D eigenvalue weighted by molar-refractivity contribution is 0.366. The number of hydrogen-bond donors (Lipinski definition) is 0. The zero-order chi connectivity index (χ0) is 21.2. The average Bonchev–Trinajstić information content (AvgIpc) is 3.25. The molecule has 0 aliphatic heterocycles. The lowest BCUT2D eigenvalue weighted by Crippen LogP contribution is -2.33. The van der Waals surface area contributed by atoms with Gasteiger partial charge in [-0.25, -0.2) is 4.98 Å². The van der Waals surface area contributed by atoms with Crippen molar-refractivity contribution in [1.29, 1.82) is 0 Å². The second-order valence-corrected chi connectivity index (χ2v) is 8.91. The summed E-state index contributed by atoms with van der Waals surface area (Å²) in [6.07, 6.45) is 13.1. The quantitative estimate of drug-likeness (QED) is 0.286. The fourth-order valence-corrected chi connectivity index (χ4v) is 4.58. The van der Waals surface area contributed by atoms with Crippen molar-refractivity contribution in [2.45, 2.75) is 83.6 Å². The van der Waals surface area contributed by atoms with Crippen molar-refractivity contribution >= 4 is 0 Å². The summed E-state index contributed by atoms with van der Waals surface area (Å²) in [5, 5.41) is 0. The van der Waals surface area contributed by atoms with E-state index in [1.165, 1.54) is 55.5 Å². The van der Waals surface area contributed by atoms with Crippen LogP contribution in [0.25, 0.3) is 0 Å². The van der Waals surface area contributed by atoms with E-state index in [9.17, 15) is 0 Å². The Morgan fingerprint density at radius 3 is 2.20 bits per heavy atom. The number of aromatic nitrogens is 2. The molecule has 0 spiro atoms. The molecule has 0 bridgehead atoms. The monoisotopic (exact) mass is 402 g/mol. The topological polar surface area (TPSA) is 17.8 Å². The summed E-state index contributed by atoms with van der Waals surface area (Å²) in [5.74, 6) is 1.53. The molecule has 0 N–H and O–H groups in total. The number of benzene rings is 2. The van der Waals surface area contributed by atoms with Crippen LogP contribution in [-0.4, -0.2) is 9.55 Å². The van der Waals surface area contributed by atoms with Crippen LogP contribution in [0.15, 0.2) is 73.1 Å². The second-order valence-electron chi connectivity index (χ2n) is 8.91. The number of nitrogens with zero attached hydrogens (tertiary/aromatic N) is 2. The molecule has 160 valence electrons. The molecule has 2 nitrogen and oxygen atoms in total. The van der Waals surface area contributed by atoms with Gasteiger partial charge in [0, 0.05) is 30.3 Å². The summed E-state index contributed by atoms with van der Waals surface area (Å²) < 4.78 is 2.40. The van der Waals surface area contributed by atoms with E-state index < -0.39 is 0 Å². The molecule has 0 aliphatic carbocycles. The van der Waals surface area contributed by atoms with E-state index in [0.717, 1.165) is 13.0 Å². The molecule has 0 saturated heterocycles. The molecular formula is C28H38N2. The van der Waals surface area contributed by atoms with Crippen molar-refractivity contribution in [3.05, 3.63) is 90.0 Å². The summed E-state index contributed by atoms with van der Waals surface area (Å²) >= 11 is 0. The maximum absolute atomic E-state index is 4.84. The van der Waals surface area contributed by atoms with E-state index in [4.69, 9.17) is 4.98 Å². The Labute approximate surface area is 183 Å². The van der Waals surface area contributed by atoms with Gasteiger partial charge in [-0.15, -0.1) is 0 Å². The minimum Gasteiger partial charge on any atom is -0.335 e. The highest BCUT2D eigenvalue weighted by Gasteiger charge is 2.36. The van der Waals surface area contributed by atoms with Gasteiger partial charge >= 0.3 is 0 Å². The van der Waals surface area contributed by atoms with Crippen molar-refractivity contribution in [3.8, 4) is 0 Å². The normalized spacial score (nSPS) is 14.4. The minimum absolute atomic E-state index is 0.0210. The van der Waals surface area contributed by atoms with Gasteiger partial charge in [-0.3, -0.25) is 0 Å². The van der Waals surface area contributed by atoms with Gasteiger partial charge in [-0.1, -0.05) is 114 Å². The Morgan fingerprint density at radius 1 is 0.867 bits per heavy atom. The number of aryl methyl sites for hydroxylation is 1. The van der Waals surface area contributed by atoms with E-state index in [0.29, 0.717) is 5.92 Å². The van der Waals surface area contributed by atoms with E-state index in [1.807, 2.05) is 6.20 Å². The Morgan fingerprint density at radius 2 is 1.50 bits per heavy atom. The van der Waals surface area contributed by atoms with Crippen LogP contribution in [0.5, 0.6) is 0 Å². The van der Waals surface area contributed by atoms with Gasteiger partial charge in [-0.05, 0) is 24.0 Å². The molecular weight excluding hydrogens is 364 g/mol. The zero-order valence-electron chi connectivity index (χ0n) is 19.1. The molecule has 0 aliphatic rings. The van der Waals surface area contributed by atoms with Crippen LogP contribution in [0.2, 0.25) is 0 Å². The summed E-state index contributed by atoms with van der Waals surface area (Å²) in [6.45, 7) is 8.11. The fraction of sp³-hybridized carbons (Fsp3) is 0.464. The summed E-state index contributed by atoms with van der Waals surface area (Å²) in [4.78, 5) is 4.84. The van der Waals surface area contributed by atoms with Gasteiger partial charge in [0.2, 0.25) is 0 Å². The Hall–Kier alpha value is -2.35. The highest BCUT2D eigenvalue weighted by molar-refractivity contribution is 5.32. The third kappa shape index (κ3) is 5.62. The van der Waals surface area contributed by atoms with Crippen molar-refractivity contribution in [2.75, 3.05) is 0 Å². The number of imidazole rings is 1. The van der Waals surface area contributed by atoms with E-state index >= 15 is 0 Å². The van der Waals surface area contributed by atoms with Crippen LogP contribution in [0.3, 0.4) is 0 Å². The summed E-state index contributed by atoms with van der Waals surface area (Å²) in [7, 11) is 0. The van der Waals surface area contributed by atoms with Gasteiger partial charge in [0.15, 0.2) is 0 Å².